The van der Waals surface area contributed by atoms with Crippen molar-refractivity contribution < 1.29 is 9.53 Å². The van der Waals surface area contributed by atoms with Crippen molar-refractivity contribution in [3.63, 3.8) is 0 Å². The van der Waals surface area contributed by atoms with Crippen molar-refractivity contribution in [1.29, 1.82) is 0 Å². The molecule has 0 saturated carbocycles. The van der Waals surface area contributed by atoms with E-state index in [1.807, 2.05) is 33.2 Å². The Balaban J connectivity index is 2.25. The van der Waals surface area contributed by atoms with Crippen LogP contribution in [0, 0.1) is 6.92 Å². The predicted molar refractivity (Wildman–Crippen MR) is 86.7 cm³/mol. The van der Waals surface area contributed by atoms with Crippen LogP contribution >= 0.6 is 11.3 Å². The molecule has 1 aromatic rings. The number of thiazole rings is 1. The summed E-state index contributed by atoms with van der Waals surface area (Å²) in [7, 11) is 1.77. The molecule has 0 bridgehead atoms. The van der Waals surface area contributed by atoms with Crippen LogP contribution in [0.25, 0.3) is 0 Å². The van der Waals surface area contributed by atoms with E-state index in [0.29, 0.717) is 12.6 Å². The van der Waals surface area contributed by atoms with Crippen LogP contribution in [0.5, 0.6) is 0 Å². The van der Waals surface area contributed by atoms with Crippen LogP contribution in [0.3, 0.4) is 0 Å². The zero-order valence-electron chi connectivity index (χ0n) is 13.9. The Labute approximate surface area is 131 Å². The predicted octanol–water partition coefficient (Wildman–Crippen LogP) is 3.36. The standard InChI is InChI=1S/C15H27N3O2S/c1-11(13-12(2)17-10-21-13)16-8-7-9-18(6)14(19)20-15(3,4)5/h10-11,16H,7-9H2,1-6H3. The van der Waals surface area contributed by atoms with E-state index in [4.69, 9.17) is 4.74 Å². The quantitative estimate of drug-likeness (QED) is 0.818. The van der Waals surface area contributed by atoms with Gasteiger partial charge in [0.2, 0.25) is 0 Å². The lowest BCUT2D eigenvalue weighted by Gasteiger charge is -2.24. The number of aryl methyl sites for hydroxylation is 1. The summed E-state index contributed by atoms with van der Waals surface area (Å²) in [5, 5.41) is 3.46. The van der Waals surface area contributed by atoms with E-state index in [9.17, 15) is 4.79 Å². The average Bonchev–Trinajstić information content (AvgIpc) is 2.78. The van der Waals surface area contributed by atoms with Crippen LogP contribution in [0.4, 0.5) is 4.79 Å². The lowest BCUT2D eigenvalue weighted by Crippen LogP contribution is -2.35. The highest BCUT2D eigenvalue weighted by Crippen LogP contribution is 2.20. The molecule has 1 N–H and O–H groups in total. The molecule has 1 aromatic heterocycles. The van der Waals surface area contributed by atoms with Crippen LogP contribution in [-0.2, 0) is 4.74 Å². The molecule has 0 aliphatic carbocycles. The Bertz CT molecular complexity index is 454. The van der Waals surface area contributed by atoms with Gasteiger partial charge in [0, 0.05) is 24.5 Å². The Hall–Kier alpha value is -1.14. The summed E-state index contributed by atoms with van der Waals surface area (Å²) in [6, 6.07) is 0.296. The third-order valence-electron chi connectivity index (χ3n) is 3.00. The summed E-state index contributed by atoms with van der Waals surface area (Å²) in [5.74, 6) is 0. The zero-order chi connectivity index (χ0) is 16.0. The van der Waals surface area contributed by atoms with Gasteiger partial charge in [0.1, 0.15) is 5.60 Å². The number of nitrogens with one attached hydrogen (secondary N) is 1. The molecule has 1 atom stereocenters. The fourth-order valence-electron chi connectivity index (χ4n) is 1.89. The van der Waals surface area contributed by atoms with Gasteiger partial charge in [0.05, 0.1) is 11.2 Å². The van der Waals surface area contributed by atoms with Crippen molar-refractivity contribution in [3.05, 3.63) is 16.1 Å². The van der Waals surface area contributed by atoms with Gasteiger partial charge >= 0.3 is 6.09 Å². The van der Waals surface area contributed by atoms with Crippen molar-refractivity contribution in [2.75, 3.05) is 20.1 Å². The van der Waals surface area contributed by atoms with E-state index in [1.54, 1.807) is 23.3 Å². The molecule has 1 amide bonds. The Kier molecular flexibility index (Phi) is 6.61. The number of carbonyl (C=O) groups excluding carboxylic acids is 1. The molecule has 0 fully saturated rings. The molecule has 21 heavy (non-hydrogen) atoms. The highest BCUT2D eigenvalue weighted by molar-refractivity contribution is 7.09. The molecule has 5 nitrogen and oxygen atoms in total. The second-order valence-corrected chi connectivity index (χ2v) is 7.12. The smallest absolute Gasteiger partial charge is 0.410 e. The van der Waals surface area contributed by atoms with Gasteiger partial charge in [0.15, 0.2) is 0 Å². The fourth-order valence-corrected chi connectivity index (χ4v) is 2.72. The molecular weight excluding hydrogens is 286 g/mol. The largest absolute Gasteiger partial charge is 0.444 e. The normalized spacial score (nSPS) is 13.0. The van der Waals surface area contributed by atoms with Gasteiger partial charge in [-0.1, -0.05) is 0 Å². The van der Waals surface area contributed by atoms with E-state index >= 15 is 0 Å². The minimum atomic E-state index is -0.443. The monoisotopic (exact) mass is 313 g/mol. The minimum absolute atomic E-state index is 0.270. The van der Waals surface area contributed by atoms with Gasteiger partial charge in [-0.15, -0.1) is 11.3 Å². The number of aromatic nitrogens is 1. The van der Waals surface area contributed by atoms with Crippen LogP contribution < -0.4 is 5.32 Å². The molecule has 120 valence electrons. The number of carbonyl (C=O) groups is 1. The van der Waals surface area contributed by atoms with Crippen LogP contribution in [0.15, 0.2) is 5.51 Å². The fraction of sp³-hybridized carbons (Fsp3) is 0.733. The first-order valence-corrected chi connectivity index (χ1v) is 8.16. The summed E-state index contributed by atoms with van der Waals surface area (Å²) in [4.78, 5) is 18.9. The third kappa shape index (κ3) is 6.44. The SMILES string of the molecule is Cc1ncsc1C(C)NCCCN(C)C(=O)OC(C)(C)C. The summed E-state index contributed by atoms with van der Waals surface area (Å²) in [5.41, 5.74) is 2.52. The first kappa shape index (κ1) is 17.9. The van der Waals surface area contributed by atoms with Crippen LogP contribution in [0.2, 0.25) is 0 Å². The minimum Gasteiger partial charge on any atom is -0.444 e. The molecule has 0 saturated heterocycles. The molecule has 0 aliphatic heterocycles. The lowest BCUT2D eigenvalue weighted by molar-refractivity contribution is 0.0297. The van der Waals surface area contributed by atoms with Crippen LogP contribution in [-0.4, -0.2) is 41.7 Å². The summed E-state index contributed by atoms with van der Waals surface area (Å²) < 4.78 is 5.31. The number of amides is 1. The van der Waals surface area contributed by atoms with Gasteiger partial charge in [0.25, 0.3) is 0 Å². The second-order valence-electron chi connectivity index (χ2n) is 6.23. The Morgan fingerprint density at radius 2 is 2.19 bits per heavy atom. The highest BCUT2D eigenvalue weighted by atomic mass is 32.1. The van der Waals surface area contributed by atoms with Gasteiger partial charge in [-0.2, -0.15) is 0 Å². The average molecular weight is 313 g/mol. The molecule has 1 heterocycles. The summed E-state index contributed by atoms with van der Waals surface area (Å²) in [6.07, 6.45) is 0.617. The van der Waals surface area contributed by atoms with Crippen molar-refractivity contribution in [2.24, 2.45) is 0 Å². The number of nitrogens with zero attached hydrogens (tertiary/aromatic N) is 2. The third-order valence-corrected chi connectivity index (χ3v) is 4.12. The van der Waals surface area contributed by atoms with Crippen molar-refractivity contribution in [1.82, 2.24) is 15.2 Å². The molecule has 0 aromatic carbocycles. The number of hydrogen-bond acceptors (Lipinski definition) is 5. The first-order valence-electron chi connectivity index (χ1n) is 7.28. The maximum atomic E-state index is 11.8. The molecular formula is C15H27N3O2S. The molecule has 0 aliphatic rings. The summed E-state index contributed by atoms with van der Waals surface area (Å²) >= 11 is 1.68. The van der Waals surface area contributed by atoms with Crippen molar-refractivity contribution in [3.8, 4) is 0 Å². The van der Waals surface area contributed by atoms with Gasteiger partial charge < -0.3 is 15.0 Å². The number of rotatable bonds is 6. The summed E-state index contributed by atoms with van der Waals surface area (Å²) in [6.45, 7) is 11.3. The van der Waals surface area contributed by atoms with Gasteiger partial charge in [-0.25, -0.2) is 9.78 Å². The first-order chi connectivity index (χ1) is 9.70. The molecule has 1 unspecified atom stereocenters. The number of ether oxygens (including phenoxy) is 1. The van der Waals surface area contributed by atoms with E-state index in [0.717, 1.165) is 18.7 Å². The van der Waals surface area contributed by atoms with Gasteiger partial charge in [-0.05, 0) is 47.6 Å². The number of hydrogen-bond donors (Lipinski definition) is 1. The van der Waals surface area contributed by atoms with E-state index in [1.165, 1.54) is 4.88 Å². The van der Waals surface area contributed by atoms with E-state index in [-0.39, 0.29) is 6.09 Å². The highest BCUT2D eigenvalue weighted by Gasteiger charge is 2.19. The Morgan fingerprint density at radius 1 is 1.52 bits per heavy atom. The van der Waals surface area contributed by atoms with Crippen LogP contribution in [0.1, 0.15) is 50.7 Å². The molecule has 0 spiro atoms. The molecule has 0 radical (unpaired) electrons. The topological polar surface area (TPSA) is 54.5 Å². The lowest BCUT2D eigenvalue weighted by atomic mass is 10.2. The molecule has 6 heteroatoms. The van der Waals surface area contributed by atoms with Crippen molar-refractivity contribution in [2.45, 2.75) is 52.7 Å². The van der Waals surface area contributed by atoms with E-state index < -0.39 is 5.60 Å². The molecule has 1 rings (SSSR count). The van der Waals surface area contributed by atoms with Crippen molar-refractivity contribution >= 4 is 17.4 Å². The van der Waals surface area contributed by atoms with Gasteiger partial charge in [-0.3, -0.25) is 0 Å². The maximum Gasteiger partial charge on any atom is 0.410 e. The Morgan fingerprint density at radius 3 is 2.71 bits per heavy atom. The second kappa shape index (κ2) is 7.75. The van der Waals surface area contributed by atoms with E-state index in [2.05, 4.69) is 17.2 Å². The maximum absolute atomic E-state index is 11.8. The zero-order valence-corrected chi connectivity index (χ0v) is 14.7.